The van der Waals surface area contributed by atoms with Crippen LogP contribution in [-0.2, 0) is 15.7 Å². The lowest BCUT2D eigenvalue weighted by Gasteiger charge is -2.25. The Morgan fingerprint density at radius 2 is 2.00 bits per heavy atom. The van der Waals surface area contributed by atoms with Crippen LogP contribution in [0.1, 0.15) is 25.8 Å². The Bertz CT molecular complexity index is 492. The molecule has 118 valence electrons. The molecule has 0 spiro atoms. The van der Waals surface area contributed by atoms with Crippen molar-refractivity contribution in [1.82, 2.24) is 0 Å². The number of hydrogen-bond acceptors (Lipinski definition) is 3. The quantitative estimate of drug-likeness (QED) is 0.704. The van der Waals surface area contributed by atoms with Gasteiger partial charge in [0.25, 0.3) is 0 Å². The molecule has 0 aliphatic rings. The van der Waals surface area contributed by atoms with E-state index in [1.165, 1.54) is 6.07 Å². The van der Waals surface area contributed by atoms with Crippen LogP contribution >= 0.6 is 15.9 Å². The van der Waals surface area contributed by atoms with Gasteiger partial charge in [0, 0.05) is 11.0 Å². The lowest BCUT2D eigenvalue weighted by Crippen LogP contribution is -2.32. The number of ether oxygens (including phenoxy) is 1. The molecule has 0 aliphatic heterocycles. The zero-order valence-electron chi connectivity index (χ0n) is 11.8. The number of benzene rings is 1. The Hall–Kier alpha value is -1.24. The molecule has 0 N–H and O–H groups in total. The standard InChI is InChI=1S/C14H17BrF3NO2/c1-3-7-19(9-13(20)21-4-2)12-6-5-10(8-11(12)15)14(16,17)18/h5-6,8H,3-4,7,9H2,1-2H3. The van der Waals surface area contributed by atoms with Crippen LogP contribution < -0.4 is 4.90 Å². The highest BCUT2D eigenvalue weighted by Gasteiger charge is 2.31. The van der Waals surface area contributed by atoms with Crippen LogP contribution in [0.15, 0.2) is 22.7 Å². The Labute approximate surface area is 130 Å². The van der Waals surface area contributed by atoms with E-state index in [-0.39, 0.29) is 13.2 Å². The predicted octanol–water partition coefficient (Wildman–Crippen LogP) is 4.25. The van der Waals surface area contributed by atoms with E-state index in [9.17, 15) is 18.0 Å². The number of rotatable bonds is 6. The first-order valence-electron chi connectivity index (χ1n) is 6.56. The Balaban J connectivity index is 3.00. The van der Waals surface area contributed by atoms with Crippen LogP contribution in [0.25, 0.3) is 0 Å². The van der Waals surface area contributed by atoms with E-state index in [1.54, 1.807) is 11.8 Å². The third-order valence-electron chi connectivity index (χ3n) is 2.73. The Morgan fingerprint density at radius 1 is 1.33 bits per heavy atom. The first-order valence-corrected chi connectivity index (χ1v) is 7.36. The molecule has 7 heteroatoms. The minimum absolute atomic E-state index is 0.00560. The lowest BCUT2D eigenvalue weighted by atomic mass is 10.2. The van der Waals surface area contributed by atoms with E-state index in [0.717, 1.165) is 18.6 Å². The zero-order chi connectivity index (χ0) is 16.0. The average Bonchev–Trinajstić information content (AvgIpc) is 2.37. The van der Waals surface area contributed by atoms with Crippen LogP contribution in [0, 0.1) is 0 Å². The molecule has 0 saturated heterocycles. The van der Waals surface area contributed by atoms with Crippen molar-refractivity contribution >= 4 is 27.6 Å². The summed E-state index contributed by atoms with van der Waals surface area (Å²) in [4.78, 5) is 13.3. The van der Waals surface area contributed by atoms with Crippen LogP contribution in [0.5, 0.6) is 0 Å². The van der Waals surface area contributed by atoms with Gasteiger partial charge in [-0.1, -0.05) is 6.92 Å². The van der Waals surface area contributed by atoms with Gasteiger partial charge in [0.05, 0.1) is 17.9 Å². The van der Waals surface area contributed by atoms with E-state index in [4.69, 9.17) is 4.74 Å². The molecule has 3 nitrogen and oxygen atoms in total. The first-order chi connectivity index (χ1) is 9.79. The summed E-state index contributed by atoms with van der Waals surface area (Å²) < 4.78 is 43.1. The van der Waals surface area contributed by atoms with Gasteiger partial charge >= 0.3 is 12.1 Å². The molecule has 1 rings (SSSR count). The molecule has 0 aromatic heterocycles. The summed E-state index contributed by atoms with van der Waals surface area (Å²) in [6.07, 6.45) is -3.63. The monoisotopic (exact) mass is 367 g/mol. The molecule has 0 heterocycles. The molecule has 0 saturated carbocycles. The number of carbonyl (C=O) groups is 1. The SMILES string of the molecule is CCCN(CC(=O)OCC)c1ccc(C(F)(F)F)cc1Br. The van der Waals surface area contributed by atoms with Crippen molar-refractivity contribution in [2.45, 2.75) is 26.4 Å². The first kappa shape index (κ1) is 17.8. The van der Waals surface area contributed by atoms with Gasteiger partial charge in [0.15, 0.2) is 0 Å². The summed E-state index contributed by atoms with van der Waals surface area (Å²) in [6.45, 7) is 4.45. The third-order valence-corrected chi connectivity index (χ3v) is 3.37. The molecule has 21 heavy (non-hydrogen) atoms. The molecular formula is C14H17BrF3NO2. The van der Waals surface area contributed by atoms with Gasteiger partial charge in [-0.3, -0.25) is 4.79 Å². The van der Waals surface area contributed by atoms with Gasteiger partial charge in [-0.2, -0.15) is 13.2 Å². The molecule has 0 radical (unpaired) electrons. The van der Waals surface area contributed by atoms with Gasteiger partial charge in [-0.25, -0.2) is 0 Å². The summed E-state index contributed by atoms with van der Waals surface area (Å²) in [7, 11) is 0. The fourth-order valence-electron chi connectivity index (χ4n) is 1.86. The molecule has 0 bridgehead atoms. The fourth-order valence-corrected chi connectivity index (χ4v) is 2.49. The largest absolute Gasteiger partial charge is 0.465 e. The van der Waals surface area contributed by atoms with E-state index < -0.39 is 17.7 Å². The number of hydrogen-bond donors (Lipinski definition) is 0. The summed E-state index contributed by atoms with van der Waals surface area (Å²) in [5.74, 6) is -0.405. The van der Waals surface area contributed by atoms with Gasteiger partial charge in [0.1, 0.15) is 6.54 Å². The van der Waals surface area contributed by atoms with Crippen LogP contribution in [0.4, 0.5) is 18.9 Å². The van der Waals surface area contributed by atoms with Crippen molar-refractivity contribution < 1.29 is 22.7 Å². The zero-order valence-corrected chi connectivity index (χ0v) is 13.4. The number of esters is 1. The second kappa shape index (κ2) is 7.68. The molecule has 0 atom stereocenters. The second-order valence-electron chi connectivity index (χ2n) is 4.39. The average molecular weight is 368 g/mol. The van der Waals surface area contributed by atoms with Crippen molar-refractivity contribution in [3.63, 3.8) is 0 Å². The fraction of sp³-hybridized carbons (Fsp3) is 0.500. The Kier molecular flexibility index (Phi) is 6.51. The second-order valence-corrected chi connectivity index (χ2v) is 5.24. The van der Waals surface area contributed by atoms with E-state index in [1.807, 2.05) is 6.92 Å². The van der Waals surface area contributed by atoms with Crippen molar-refractivity contribution in [3.05, 3.63) is 28.2 Å². The topological polar surface area (TPSA) is 29.5 Å². The predicted molar refractivity (Wildman–Crippen MR) is 78.3 cm³/mol. The highest BCUT2D eigenvalue weighted by Crippen LogP contribution is 2.35. The maximum atomic E-state index is 12.7. The molecule has 0 aliphatic carbocycles. The molecule has 0 fully saturated rings. The van der Waals surface area contributed by atoms with Gasteiger partial charge in [-0.05, 0) is 47.5 Å². The van der Waals surface area contributed by atoms with Crippen molar-refractivity contribution in [1.29, 1.82) is 0 Å². The number of anilines is 1. The van der Waals surface area contributed by atoms with Crippen LogP contribution in [0.3, 0.4) is 0 Å². The normalized spacial score (nSPS) is 11.3. The van der Waals surface area contributed by atoms with E-state index in [0.29, 0.717) is 16.7 Å². The van der Waals surface area contributed by atoms with Gasteiger partial charge in [0.2, 0.25) is 0 Å². The number of carbonyl (C=O) groups excluding carboxylic acids is 1. The highest BCUT2D eigenvalue weighted by molar-refractivity contribution is 9.10. The van der Waals surface area contributed by atoms with E-state index in [2.05, 4.69) is 15.9 Å². The van der Waals surface area contributed by atoms with Crippen LogP contribution in [0.2, 0.25) is 0 Å². The van der Waals surface area contributed by atoms with Gasteiger partial charge < -0.3 is 9.64 Å². The maximum Gasteiger partial charge on any atom is 0.416 e. The number of halogens is 4. The molecule has 1 aromatic rings. The minimum Gasteiger partial charge on any atom is -0.465 e. The highest BCUT2D eigenvalue weighted by atomic mass is 79.9. The molecular weight excluding hydrogens is 351 g/mol. The number of alkyl halides is 3. The Morgan fingerprint density at radius 3 is 2.48 bits per heavy atom. The van der Waals surface area contributed by atoms with Gasteiger partial charge in [-0.15, -0.1) is 0 Å². The van der Waals surface area contributed by atoms with Crippen molar-refractivity contribution in [2.24, 2.45) is 0 Å². The lowest BCUT2D eigenvalue weighted by molar-refractivity contribution is -0.141. The smallest absolute Gasteiger partial charge is 0.416 e. The summed E-state index contributed by atoms with van der Waals surface area (Å²) in [5.41, 5.74) is -0.191. The third kappa shape index (κ3) is 5.22. The van der Waals surface area contributed by atoms with Crippen LogP contribution in [-0.4, -0.2) is 25.7 Å². The minimum atomic E-state index is -4.39. The molecule has 0 amide bonds. The summed E-state index contributed by atoms with van der Waals surface area (Å²) in [5, 5.41) is 0. The summed E-state index contributed by atoms with van der Waals surface area (Å²) >= 11 is 3.15. The molecule has 1 aromatic carbocycles. The number of nitrogens with zero attached hydrogens (tertiary/aromatic N) is 1. The van der Waals surface area contributed by atoms with Crippen molar-refractivity contribution in [3.8, 4) is 0 Å². The van der Waals surface area contributed by atoms with E-state index >= 15 is 0 Å². The maximum absolute atomic E-state index is 12.7. The molecule has 0 unspecified atom stereocenters. The summed E-state index contributed by atoms with van der Waals surface area (Å²) in [6, 6.07) is 3.39. The van der Waals surface area contributed by atoms with Crippen molar-refractivity contribution in [2.75, 3.05) is 24.6 Å².